The Morgan fingerprint density at radius 2 is 1.89 bits per heavy atom. The van der Waals surface area contributed by atoms with E-state index in [0.717, 1.165) is 12.1 Å². The Labute approximate surface area is 163 Å². The minimum atomic E-state index is -0.224. The third-order valence-electron chi connectivity index (χ3n) is 4.26. The van der Waals surface area contributed by atoms with Crippen LogP contribution in [0, 0.1) is 0 Å². The van der Waals surface area contributed by atoms with E-state index >= 15 is 0 Å². The highest BCUT2D eigenvalue weighted by atomic mass is 35.5. The summed E-state index contributed by atoms with van der Waals surface area (Å²) >= 11 is 5.96. The first kappa shape index (κ1) is 19.2. The summed E-state index contributed by atoms with van der Waals surface area (Å²) in [4.78, 5) is 28.6. The number of nitrogens with zero attached hydrogens (tertiary/aromatic N) is 2. The van der Waals surface area contributed by atoms with Gasteiger partial charge in [-0.05, 0) is 43.9 Å². The first-order valence-corrected chi connectivity index (χ1v) is 9.06. The summed E-state index contributed by atoms with van der Waals surface area (Å²) in [5, 5.41) is 3.40. The van der Waals surface area contributed by atoms with Gasteiger partial charge in [0.2, 0.25) is 0 Å². The number of amides is 2. The van der Waals surface area contributed by atoms with Crippen LogP contribution in [0.1, 0.15) is 15.9 Å². The summed E-state index contributed by atoms with van der Waals surface area (Å²) in [5.74, 6) is 0.0607. The van der Waals surface area contributed by atoms with Gasteiger partial charge in [0.15, 0.2) is 12.4 Å². The predicted octanol–water partition coefficient (Wildman–Crippen LogP) is 2.87. The molecule has 142 valence electrons. The Balaban J connectivity index is 1.87. The zero-order valence-electron chi connectivity index (χ0n) is 15.4. The summed E-state index contributed by atoms with van der Waals surface area (Å²) in [7, 11) is 3.93. The number of para-hydroxylation sites is 1. The van der Waals surface area contributed by atoms with Gasteiger partial charge in [-0.25, -0.2) is 0 Å². The predicted molar refractivity (Wildman–Crippen MR) is 105 cm³/mol. The van der Waals surface area contributed by atoms with Crippen LogP contribution in [-0.2, 0) is 11.3 Å². The highest BCUT2D eigenvalue weighted by Gasteiger charge is 2.25. The molecule has 27 heavy (non-hydrogen) atoms. The number of likely N-dealkylation sites (N-methyl/N-ethyl adjacent to an activating group) is 1. The van der Waals surface area contributed by atoms with E-state index in [1.165, 1.54) is 0 Å². The SMILES string of the molecule is CN(C)CCN(Cc1ccc(Cl)cc1)C(=O)c1cccc2c1OCC(=O)N2. The van der Waals surface area contributed by atoms with Crippen molar-refractivity contribution < 1.29 is 14.3 Å². The molecule has 3 rings (SSSR count). The van der Waals surface area contributed by atoms with E-state index in [9.17, 15) is 9.59 Å². The average Bonchev–Trinajstić information content (AvgIpc) is 2.65. The van der Waals surface area contributed by atoms with Crippen LogP contribution in [0.4, 0.5) is 5.69 Å². The quantitative estimate of drug-likeness (QED) is 0.827. The molecule has 1 N–H and O–H groups in total. The van der Waals surface area contributed by atoms with Crippen LogP contribution in [0.5, 0.6) is 5.75 Å². The number of benzene rings is 2. The molecule has 0 atom stereocenters. The average molecular weight is 388 g/mol. The lowest BCUT2D eigenvalue weighted by atomic mass is 10.1. The molecule has 1 aliphatic heterocycles. The van der Waals surface area contributed by atoms with Crippen molar-refractivity contribution >= 4 is 29.1 Å². The van der Waals surface area contributed by atoms with Gasteiger partial charge in [0, 0.05) is 24.7 Å². The zero-order valence-corrected chi connectivity index (χ0v) is 16.1. The van der Waals surface area contributed by atoms with Gasteiger partial charge < -0.3 is 19.9 Å². The third kappa shape index (κ3) is 4.78. The Morgan fingerprint density at radius 3 is 2.59 bits per heavy atom. The molecule has 0 fully saturated rings. The topological polar surface area (TPSA) is 61.9 Å². The second kappa shape index (κ2) is 8.41. The van der Waals surface area contributed by atoms with Gasteiger partial charge >= 0.3 is 0 Å². The van der Waals surface area contributed by atoms with Crippen LogP contribution < -0.4 is 10.1 Å². The van der Waals surface area contributed by atoms with Gasteiger partial charge in [-0.1, -0.05) is 29.8 Å². The monoisotopic (exact) mass is 387 g/mol. The fourth-order valence-corrected chi connectivity index (χ4v) is 2.96. The maximum Gasteiger partial charge on any atom is 0.262 e. The number of anilines is 1. The molecule has 0 saturated heterocycles. The van der Waals surface area contributed by atoms with Crippen molar-refractivity contribution in [1.82, 2.24) is 9.80 Å². The minimum Gasteiger partial charge on any atom is -0.481 e. The highest BCUT2D eigenvalue weighted by Crippen LogP contribution is 2.32. The van der Waals surface area contributed by atoms with E-state index < -0.39 is 0 Å². The molecule has 0 aromatic heterocycles. The first-order valence-electron chi connectivity index (χ1n) is 8.68. The second-order valence-electron chi connectivity index (χ2n) is 6.68. The number of fused-ring (bicyclic) bond motifs is 1. The Morgan fingerprint density at radius 1 is 1.15 bits per heavy atom. The molecule has 0 bridgehead atoms. The molecule has 6 nitrogen and oxygen atoms in total. The van der Waals surface area contributed by atoms with Crippen molar-refractivity contribution in [2.75, 3.05) is 39.1 Å². The van der Waals surface area contributed by atoms with Crippen molar-refractivity contribution in [2.45, 2.75) is 6.54 Å². The lowest BCUT2D eigenvalue weighted by Crippen LogP contribution is -2.37. The largest absolute Gasteiger partial charge is 0.481 e. The first-order chi connectivity index (χ1) is 12.9. The van der Waals surface area contributed by atoms with E-state index in [1.54, 1.807) is 23.1 Å². The second-order valence-corrected chi connectivity index (χ2v) is 7.11. The maximum atomic E-state index is 13.3. The van der Waals surface area contributed by atoms with E-state index in [0.29, 0.717) is 35.1 Å². The standard InChI is InChI=1S/C20H22ClN3O3/c1-23(2)10-11-24(12-14-6-8-15(21)9-7-14)20(26)16-4-3-5-17-19(16)27-13-18(25)22-17/h3-9H,10-13H2,1-2H3,(H,22,25). The van der Waals surface area contributed by atoms with Crippen molar-refractivity contribution in [1.29, 1.82) is 0 Å². The Kier molecular flexibility index (Phi) is 5.98. The van der Waals surface area contributed by atoms with Crippen molar-refractivity contribution in [3.63, 3.8) is 0 Å². The molecule has 1 heterocycles. The summed E-state index contributed by atoms with van der Waals surface area (Å²) in [6.07, 6.45) is 0. The molecule has 2 aromatic rings. The Bertz CT molecular complexity index is 837. The minimum absolute atomic E-state index is 0.0911. The van der Waals surface area contributed by atoms with Crippen LogP contribution in [0.3, 0.4) is 0 Å². The van der Waals surface area contributed by atoms with E-state index in [-0.39, 0.29) is 18.4 Å². The van der Waals surface area contributed by atoms with Crippen LogP contribution in [0.2, 0.25) is 5.02 Å². The molecule has 0 aliphatic carbocycles. The summed E-state index contributed by atoms with van der Waals surface area (Å²) in [6.45, 7) is 1.66. The number of carbonyl (C=O) groups is 2. The van der Waals surface area contributed by atoms with Crippen molar-refractivity contribution in [2.24, 2.45) is 0 Å². The van der Waals surface area contributed by atoms with E-state index in [2.05, 4.69) is 5.32 Å². The molecule has 0 unspecified atom stereocenters. The molecule has 1 aliphatic rings. The zero-order chi connectivity index (χ0) is 19.4. The molecule has 0 saturated carbocycles. The Hall–Kier alpha value is -2.57. The number of carbonyl (C=O) groups excluding carboxylic acids is 2. The van der Waals surface area contributed by atoms with Gasteiger partial charge in [0.1, 0.15) is 0 Å². The normalized spacial score (nSPS) is 13.0. The van der Waals surface area contributed by atoms with Gasteiger partial charge in [-0.3, -0.25) is 9.59 Å². The third-order valence-corrected chi connectivity index (χ3v) is 4.51. The molecule has 2 amide bonds. The summed E-state index contributed by atoms with van der Waals surface area (Å²) in [6, 6.07) is 12.6. The van der Waals surface area contributed by atoms with Crippen molar-refractivity contribution in [3.05, 3.63) is 58.6 Å². The van der Waals surface area contributed by atoms with E-state index in [4.69, 9.17) is 16.3 Å². The van der Waals surface area contributed by atoms with Gasteiger partial charge in [-0.15, -0.1) is 0 Å². The molecule has 2 aromatic carbocycles. The summed E-state index contributed by atoms with van der Waals surface area (Å²) < 4.78 is 5.54. The van der Waals surface area contributed by atoms with Gasteiger partial charge in [0.25, 0.3) is 11.8 Å². The molecule has 0 spiro atoms. The van der Waals surface area contributed by atoms with Gasteiger partial charge in [-0.2, -0.15) is 0 Å². The number of hydrogen-bond donors (Lipinski definition) is 1. The smallest absolute Gasteiger partial charge is 0.262 e. The van der Waals surface area contributed by atoms with Crippen LogP contribution in [-0.4, -0.2) is 55.4 Å². The fourth-order valence-electron chi connectivity index (χ4n) is 2.84. The molecule has 7 heteroatoms. The number of ether oxygens (including phenoxy) is 1. The molecular weight excluding hydrogens is 366 g/mol. The fraction of sp³-hybridized carbons (Fsp3) is 0.300. The highest BCUT2D eigenvalue weighted by molar-refractivity contribution is 6.30. The number of hydrogen-bond acceptors (Lipinski definition) is 4. The molecular formula is C20H22ClN3O3. The van der Waals surface area contributed by atoms with Crippen LogP contribution in [0.15, 0.2) is 42.5 Å². The summed E-state index contributed by atoms with van der Waals surface area (Å²) in [5.41, 5.74) is 1.96. The van der Waals surface area contributed by atoms with Gasteiger partial charge in [0.05, 0.1) is 11.3 Å². The maximum absolute atomic E-state index is 13.3. The number of rotatable bonds is 6. The van der Waals surface area contributed by atoms with E-state index in [1.807, 2.05) is 43.3 Å². The lowest BCUT2D eigenvalue weighted by Gasteiger charge is -2.27. The lowest BCUT2D eigenvalue weighted by molar-refractivity contribution is -0.118. The van der Waals surface area contributed by atoms with Crippen LogP contribution in [0.25, 0.3) is 0 Å². The van der Waals surface area contributed by atoms with Crippen molar-refractivity contribution in [3.8, 4) is 5.75 Å². The molecule has 0 radical (unpaired) electrons. The number of nitrogens with one attached hydrogen (secondary N) is 1. The number of halogens is 1. The van der Waals surface area contributed by atoms with Crippen LogP contribution >= 0.6 is 11.6 Å².